The number of pyridine rings is 1. The lowest BCUT2D eigenvalue weighted by molar-refractivity contribution is -0.137. The standard InChI is InChI=1S/C12H12N4O3S/c1-15-9(17)5-7(11(15)18)16-10-6(13-12(16)20)3-4-8(14-10)19-2/h3-4,7H,5H2,1-2H3,(H,13,20). The maximum atomic E-state index is 12.1. The van der Waals surface area contributed by atoms with Crippen LogP contribution in [0.3, 0.4) is 0 Å². The predicted molar refractivity (Wildman–Crippen MR) is 72.9 cm³/mol. The number of likely N-dealkylation sites (N-methyl/N-ethyl adjacent to an activating group) is 1. The smallest absolute Gasteiger partial charge is 0.252 e. The minimum absolute atomic E-state index is 0.0927. The second-order valence-corrected chi connectivity index (χ2v) is 4.92. The highest BCUT2D eigenvalue weighted by molar-refractivity contribution is 7.71. The number of likely N-dealkylation sites (tertiary alicyclic amines) is 1. The molecule has 3 rings (SSSR count). The van der Waals surface area contributed by atoms with E-state index < -0.39 is 6.04 Å². The van der Waals surface area contributed by atoms with E-state index in [-0.39, 0.29) is 18.2 Å². The molecule has 0 radical (unpaired) electrons. The summed E-state index contributed by atoms with van der Waals surface area (Å²) in [6.45, 7) is 0. The molecule has 1 unspecified atom stereocenters. The van der Waals surface area contributed by atoms with E-state index in [4.69, 9.17) is 17.0 Å². The first-order valence-electron chi connectivity index (χ1n) is 5.98. The van der Waals surface area contributed by atoms with Crippen LogP contribution in [0, 0.1) is 4.77 Å². The van der Waals surface area contributed by atoms with Crippen LogP contribution in [0.15, 0.2) is 12.1 Å². The van der Waals surface area contributed by atoms with E-state index in [1.165, 1.54) is 14.2 Å². The van der Waals surface area contributed by atoms with Gasteiger partial charge in [0, 0.05) is 13.1 Å². The van der Waals surface area contributed by atoms with E-state index in [1.807, 2.05) is 0 Å². The number of H-pyrrole nitrogens is 1. The van der Waals surface area contributed by atoms with Crippen molar-refractivity contribution in [2.45, 2.75) is 12.5 Å². The molecule has 1 saturated heterocycles. The van der Waals surface area contributed by atoms with Gasteiger partial charge in [0.05, 0.1) is 19.0 Å². The van der Waals surface area contributed by atoms with Crippen LogP contribution >= 0.6 is 12.2 Å². The highest BCUT2D eigenvalue weighted by atomic mass is 32.1. The molecule has 0 spiro atoms. The average molecular weight is 292 g/mol. The van der Waals surface area contributed by atoms with Gasteiger partial charge in [-0.25, -0.2) is 0 Å². The van der Waals surface area contributed by atoms with Crippen LogP contribution in [0.2, 0.25) is 0 Å². The third-order valence-electron chi connectivity index (χ3n) is 3.42. The molecule has 0 saturated carbocycles. The zero-order valence-corrected chi connectivity index (χ0v) is 11.7. The monoisotopic (exact) mass is 292 g/mol. The number of nitrogens with one attached hydrogen (secondary N) is 1. The number of carbonyl (C=O) groups is 2. The first kappa shape index (κ1) is 12.8. The van der Waals surface area contributed by atoms with E-state index in [0.29, 0.717) is 21.8 Å². The summed E-state index contributed by atoms with van der Waals surface area (Å²) in [5.74, 6) is -0.0823. The van der Waals surface area contributed by atoms with Crippen molar-refractivity contribution in [2.75, 3.05) is 14.2 Å². The molecule has 1 atom stereocenters. The van der Waals surface area contributed by atoms with E-state index in [1.54, 1.807) is 16.7 Å². The first-order chi connectivity index (χ1) is 9.52. The highest BCUT2D eigenvalue weighted by Crippen LogP contribution is 2.28. The van der Waals surface area contributed by atoms with Crippen molar-refractivity contribution < 1.29 is 14.3 Å². The van der Waals surface area contributed by atoms with Crippen molar-refractivity contribution in [3.63, 3.8) is 0 Å². The minimum atomic E-state index is -0.645. The lowest BCUT2D eigenvalue weighted by Crippen LogP contribution is -2.27. The Labute approximate surface area is 119 Å². The molecule has 1 aliphatic heterocycles. The van der Waals surface area contributed by atoms with Gasteiger partial charge in [0.15, 0.2) is 10.4 Å². The normalized spacial score (nSPS) is 19.1. The second kappa shape index (κ2) is 4.41. The Balaban J connectivity index is 2.21. The SMILES string of the molecule is COc1ccc2[nH]c(=S)n(C3CC(=O)N(C)C3=O)c2n1. The lowest BCUT2D eigenvalue weighted by atomic mass is 10.2. The summed E-state index contributed by atoms with van der Waals surface area (Å²) in [5, 5.41) is 0. The summed E-state index contributed by atoms with van der Waals surface area (Å²) in [7, 11) is 2.98. The van der Waals surface area contributed by atoms with Crippen molar-refractivity contribution in [1.82, 2.24) is 19.4 Å². The fraction of sp³-hybridized carbons (Fsp3) is 0.333. The molecule has 0 aliphatic carbocycles. The molecular formula is C12H12N4O3S. The molecule has 8 heteroatoms. The molecule has 0 aromatic carbocycles. The Morgan fingerprint density at radius 3 is 2.80 bits per heavy atom. The van der Waals surface area contributed by atoms with E-state index >= 15 is 0 Å². The van der Waals surface area contributed by atoms with E-state index in [0.717, 1.165) is 4.90 Å². The molecule has 20 heavy (non-hydrogen) atoms. The molecular weight excluding hydrogens is 280 g/mol. The third kappa shape index (κ3) is 1.72. The van der Waals surface area contributed by atoms with Crippen LogP contribution < -0.4 is 4.74 Å². The number of carbonyl (C=O) groups excluding carboxylic acids is 2. The van der Waals surface area contributed by atoms with E-state index in [2.05, 4.69) is 9.97 Å². The van der Waals surface area contributed by atoms with Crippen molar-refractivity contribution in [1.29, 1.82) is 0 Å². The molecule has 0 bridgehead atoms. The fourth-order valence-electron chi connectivity index (χ4n) is 2.32. The van der Waals surface area contributed by atoms with Gasteiger partial charge in [0.1, 0.15) is 6.04 Å². The summed E-state index contributed by atoms with van der Waals surface area (Å²) in [5.41, 5.74) is 1.21. The summed E-state index contributed by atoms with van der Waals surface area (Å²) in [6.07, 6.45) is 0.0927. The molecule has 2 aromatic heterocycles. The van der Waals surface area contributed by atoms with Crippen molar-refractivity contribution >= 4 is 35.2 Å². The summed E-state index contributed by atoms with van der Waals surface area (Å²) in [4.78, 5) is 32.2. The van der Waals surface area contributed by atoms with Crippen LogP contribution in [0.25, 0.3) is 11.2 Å². The first-order valence-corrected chi connectivity index (χ1v) is 6.39. The Kier molecular flexibility index (Phi) is 2.82. The molecule has 1 N–H and O–H groups in total. The number of nitrogens with zero attached hydrogens (tertiary/aromatic N) is 3. The molecule has 1 fully saturated rings. The number of aromatic nitrogens is 3. The van der Waals surface area contributed by atoms with Crippen LogP contribution in [0.4, 0.5) is 0 Å². The number of ether oxygens (including phenoxy) is 1. The molecule has 3 heterocycles. The van der Waals surface area contributed by atoms with Crippen LogP contribution in [-0.4, -0.2) is 45.4 Å². The fourth-order valence-corrected chi connectivity index (χ4v) is 2.65. The number of amides is 2. The lowest BCUT2D eigenvalue weighted by Gasteiger charge is -2.11. The zero-order chi connectivity index (χ0) is 14.4. The predicted octanol–water partition coefficient (Wildman–Crippen LogP) is 1.03. The van der Waals surface area contributed by atoms with Gasteiger partial charge in [-0.1, -0.05) is 0 Å². The number of rotatable bonds is 2. The van der Waals surface area contributed by atoms with Gasteiger partial charge in [-0.05, 0) is 18.3 Å². The average Bonchev–Trinajstić information content (AvgIpc) is 2.89. The van der Waals surface area contributed by atoms with Crippen molar-refractivity contribution in [2.24, 2.45) is 0 Å². The molecule has 7 nitrogen and oxygen atoms in total. The van der Waals surface area contributed by atoms with Crippen LogP contribution in [-0.2, 0) is 9.59 Å². The molecule has 104 valence electrons. The summed E-state index contributed by atoms with van der Waals surface area (Å²) in [6, 6.07) is 2.83. The Hall–Kier alpha value is -2.22. The maximum absolute atomic E-state index is 12.1. The van der Waals surface area contributed by atoms with Gasteiger partial charge in [-0.3, -0.25) is 19.1 Å². The van der Waals surface area contributed by atoms with Gasteiger partial charge in [-0.2, -0.15) is 4.98 Å². The third-order valence-corrected chi connectivity index (χ3v) is 3.72. The Morgan fingerprint density at radius 2 is 2.20 bits per heavy atom. The maximum Gasteiger partial charge on any atom is 0.252 e. The van der Waals surface area contributed by atoms with Gasteiger partial charge >= 0.3 is 0 Å². The van der Waals surface area contributed by atoms with Crippen molar-refractivity contribution in [3.8, 4) is 5.88 Å². The Bertz CT molecular complexity index is 779. The van der Waals surface area contributed by atoms with Gasteiger partial charge in [0.2, 0.25) is 11.8 Å². The van der Waals surface area contributed by atoms with Crippen molar-refractivity contribution in [3.05, 3.63) is 16.9 Å². The quantitative estimate of drug-likeness (QED) is 0.660. The number of fused-ring (bicyclic) bond motifs is 1. The number of imidazole rings is 1. The number of hydrogen-bond donors (Lipinski definition) is 1. The molecule has 2 amide bonds. The topological polar surface area (TPSA) is 80.2 Å². The number of imide groups is 1. The highest BCUT2D eigenvalue weighted by Gasteiger charge is 2.38. The van der Waals surface area contributed by atoms with E-state index in [9.17, 15) is 9.59 Å². The van der Waals surface area contributed by atoms with Gasteiger partial charge in [0.25, 0.3) is 5.91 Å². The zero-order valence-electron chi connectivity index (χ0n) is 10.9. The number of aromatic amines is 1. The summed E-state index contributed by atoms with van der Waals surface area (Å²) >= 11 is 5.24. The molecule has 1 aliphatic rings. The largest absolute Gasteiger partial charge is 0.481 e. The minimum Gasteiger partial charge on any atom is -0.481 e. The second-order valence-electron chi connectivity index (χ2n) is 4.54. The number of hydrogen-bond acceptors (Lipinski definition) is 5. The van der Waals surface area contributed by atoms with Crippen LogP contribution in [0.1, 0.15) is 12.5 Å². The van der Waals surface area contributed by atoms with Crippen LogP contribution in [0.5, 0.6) is 5.88 Å². The van der Waals surface area contributed by atoms with Gasteiger partial charge in [-0.15, -0.1) is 0 Å². The number of methoxy groups -OCH3 is 1. The summed E-state index contributed by atoms with van der Waals surface area (Å²) < 4.78 is 7.03. The van der Waals surface area contributed by atoms with Gasteiger partial charge < -0.3 is 9.72 Å². The molecule has 2 aromatic rings. The Morgan fingerprint density at radius 1 is 1.45 bits per heavy atom.